The van der Waals surface area contributed by atoms with E-state index < -0.39 is 23.7 Å². The number of nitrogens with zero attached hydrogens (tertiary/aromatic N) is 1. The highest BCUT2D eigenvalue weighted by Crippen LogP contribution is 2.35. The lowest BCUT2D eigenvalue weighted by molar-refractivity contribution is -0.137. The third kappa shape index (κ3) is 2.71. The Labute approximate surface area is 132 Å². The number of allylic oxidation sites excluding steroid dienone is 1. The van der Waals surface area contributed by atoms with Crippen molar-refractivity contribution in [2.24, 2.45) is 0 Å². The molecule has 0 aromatic heterocycles. The molecule has 1 unspecified atom stereocenters. The Bertz CT molecular complexity index is 687. The van der Waals surface area contributed by atoms with Crippen molar-refractivity contribution < 1.29 is 18.7 Å². The van der Waals surface area contributed by atoms with Crippen LogP contribution in [-0.4, -0.2) is 29.0 Å². The van der Waals surface area contributed by atoms with Crippen molar-refractivity contribution in [1.82, 2.24) is 10.2 Å². The summed E-state index contributed by atoms with van der Waals surface area (Å²) in [6, 6.07) is 4.99. The number of hydrogen-bond acceptors (Lipinski definition) is 4. The Hall–Kier alpha value is -2.28. The first-order valence-electron chi connectivity index (χ1n) is 6.52. The van der Waals surface area contributed by atoms with E-state index in [4.69, 9.17) is 17.0 Å². The SMILES string of the molecule is COC(=O)C1=C(C)NC(=S)N(C(C)=O)C1c1ccccc1F. The van der Waals surface area contributed by atoms with Gasteiger partial charge in [-0.1, -0.05) is 18.2 Å². The van der Waals surface area contributed by atoms with Crippen LogP contribution in [0.3, 0.4) is 0 Å². The minimum Gasteiger partial charge on any atom is -0.466 e. The van der Waals surface area contributed by atoms with E-state index in [9.17, 15) is 14.0 Å². The number of nitrogens with one attached hydrogen (secondary N) is 1. The molecule has 7 heteroatoms. The summed E-state index contributed by atoms with van der Waals surface area (Å²) >= 11 is 5.16. The summed E-state index contributed by atoms with van der Waals surface area (Å²) in [5, 5.41) is 2.90. The van der Waals surface area contributed by atoms with Gasteiger partial charge in [0.1, 0.15) is 11.9 Å². The van der Waals surface area contributed by atoms with E-state index in [-0.39, 0.29) is 16.2 Å². The molecule has 0 spiro atoms. The predicted octanol–water partition coefficient (Wildman–Crippen LogP) is 2.05. The van der Waals surface area contributed by atoms with Gasteiger partial charge in [-0.15, -0.1) is 0 Å². The average molecular weight is 322 g/mol. The van der Waals surface area contributed by atoms with Crippen molar-refractivity contribution in [3.8, 4) is 0 Å². The van der Waals surface area contributed by atoms with E-state index >= 15 is 0 Å². The van der Waals surface area contributed by atoms with E-state index in [1.165, 1.54) is 37.1 Å². The van der Waals surface area contributed by atoms with Gasteiger partial charge < -0.3 is 10.1 Å². The molecule has 0 aliphatic carbocycles. The number of carbonyl (C=O) groups excluding carboxylic acids is 2. The van der Waals surface area contributed by atoms with E-state index in [2.05, 4.69) is 5.32 Å². The quantitative estimate of drug-likeness (QED) is 0.667. The van der Waals surface area contributed by atoms with Crippen molar-refractivity contribution in [2.75, 3.05) is 7.11 Å². The Kier molecular flexibility index (Phi) is 4.56. The number of hydrogen-bond donors (Lipinski definition) is 1. The van der Waals surface area contributed by atoms with E-state index in [0.29, 0.717) is 5.70 Å². The number of amides is 1. The van der Waals surface area contributed by atoms with Crippen LogP contribution in [0, 0.1) is 5.82 Å². The topological polar surface area (TPSA) is 58.6 Å². The molecule has 116 valence electrons. The molecule has 0 saturated heterocycles. The highest BCUT2D eigenvalue weighted by atomic mass is 32.1. The van der Waals surface area contributed by atoms with E-state index in [1.807, 2.05) is 0 Å². The van der Waals surface area contributed by atoms with Crippen LogP contribution in [0.5, 0.6) is 0 Å². The molecule has 2 rings (SSSR count). The Morgan fingerprint density at radius 3 is 2.55 bits per heavy atom. The standard InChI is InChI=1S/C15H15FN2O3S/c1-8-12(14(20)21-3)13(10-6-4-5-7-11(10)16)18(9(2)19)15(22)17-8/h4-7,13H,1-3H3,(H,17,22). The summed E-state index contributed by atoms with van der Waals surface area (Å²) in [5.74, 6) is -1.58. The van der Waals surface area contributed by atoms with Gasteiger partial charge in [0.15, 0.2) is 5.11 Å². The number of esters is 1. The summed E-state index contributed by atoms with van der Waals surface area (Å²) < 4.78 is 19.0. The molecule has 1 aromatic carbocycles. The van der Waals surface area contributed by atoms with Gasteiger partial charge in [-0.05, 0) is 25.2 Å². The van der Waals surface area contributed by atoms with Crippen LogP contribution >= 0.6 is 12.2 Å². The second-order valence-corrected chi connectivity index (χ2v) is 5.16. The maximum Gasteiger partial charge on any atom is 0.337 e. The summed E-state index contributed by atoms with van der Waals surface area (Å²) in [5.41, 5.74) is 0.764. The van der Waals surface area contributed by atoms with Crippen molar-refractivity contribution >= 4 is 29.2 Å². The fourth-order valence-corrected chi connectivity index (χ4v) is 2.82. The molecule has 0 radical (unpaired) electrons. The zero-order valence-electron chi connectivity index (χ0n) is 12.3. The highest BCUT2D eigenvalue weighted by Gasteiger charge is 2.39. The molecule has 1 atom stereocenters. The van der Waals surface area contributed by atoms with Gasteiger partial charge in [-0.3, -0.25) is 9.69 Å². The molecule has 1 aromatic rings. The summed E-state index contributed by atoms with van der Waals surface area (Å²) in [6.07, 6.45) is 0. The van der Waals surface area contributed by atoms with Crippen LogP contribution < -0.4 is 5.32 Å². The van der Waals surface area contributed by atoms with E-state index in [1.54, 1.807) is 13.0 Å². The lowest BCUT2D eigenvalue weighted by Gasteiger charge is -2.37. The van der Waals surface area contributed by atoms with Gasteiger partial charge in [0.25, 0.3) is 0 Å². The molecular formula is C15H15FN2O3S. The molecule has 1 aliphatic rings. The monoisotopic (exact) mass is 322 g/mol. The molecule has 22 heavy (non-hydrogen) atoms. The van der Waals surface area contributed by atoms with Crippen LogP contribution in [0.4, 0.5) is 4.39 Å². The first-order chi connectivity index (χ1) is 10.4. The number of methoxy groups -OCH3 is 1. The van der Waals surface area contributed by atoms with Crippen LogP contribution in [0.15, 0.2) is 35.5 Å². The molecule has 1 heterocycles. The molecular weight excluding hydrogens is 307 g/mol. The normalized spacial score (nSPS) is 18.1. The Morgan fingerprint density at radius 1 is 1.36 bits per heavy atom. The zero-order chi connectivity index (χ0) is 16.4. The predicted molar refractivity (Wildman–Crippen MR) is 82.1 cm³/mol. The fourth-order valence-electron chi connectivity index (χ4n) is 2.43. The maximum absolute atomic E-state index is 14.2. The van der Waals surface area contributed by atoms with Crippen molar-refractivity contribution in [3.63, 3.8) is 0 Å². The van der Waals surface area contributed by atoms with Gasteiger partial charge >= 0.3 is 5.97 Å². The van der Waals surface area contributed by atoms with Crippen LogP contribution in [0.1, 0.15) is 25.5 Å². The van der Waals surface area contributed by atoms with Crippen LogP contribution in [-0.2, 0) is 14.3 Å². The maximum atomic E-state index is 14.2. The molecule has 5 nitrogen and oxygen atoms in total. The third-order valence-corrected chi connectivity index (χ3v) is 3.69. The van der Waals surface area contributed by atoms with Gasteiger partial charge in [0, 0.05) is 18.2 Å². The minimum atomic E-state index is -0.958. The highest BCUT2D eigenvalue weighted by molar-refractivity contribution is 7.80. The van der Waals surface area contributed by atoms with Gasteiger partial charge in [0.2, 0.25) is 5.91 Å². The van der Waals surface area contributed by atoms with E-state index in [0.717, 1.165) is 0 Å². The summed E-state index contributed by atoms with van der Waals surface area (Å²) in [6.45, 7) is 2.93. The zero-order valence-corrected chi connectivity index (χ0v) is 13.2. The summed E-state index contributed by atoms with van der Waals surface area (Å²) in [4.78, 5) is 25.3. The number of ether oxygens (including phenoxy) is 1. The molecule has 0 saturated carbocycles. The molecule has 1 amide bonds. The van der Waals surface area contributed by atoms with Crippen LogP contribution in [0.25, 0.3) is 0 Å². The number of halogens is 1. The number of benzene rings is 1. The number of thiocarbonyl (C=S) groups is 1. The third-order valence-electron chi connectivity index (χ3n) is 3.39. The lowest BCUT2D eigenvalue weighted by Crippen LogP contribution is -2.50. The van der Waals surface area contributed by atoms with Gasteiger partial charge in [-0.25, -0.2) is 9.18 Å². The lowest BCUT2D eigenvalue weighted by atomic mass is 9.93. The Balaban J connectivity index is 2.71. The first kappa shape index (κ1) is 16.1. The van der Waals surface area contributed by atoms with Crippen molar-refractivity contribution in [1.29, 1.82) is 0 Å². The summed E-state index contributed by atoms with van der Waals surface area (Å²) in [7, 11) is 1.23. The smallest absolute Gasteiger partial charge is 0.337 e. The second kappa shape index (κ2) is 6.23. The largest absolute Gasteiger partial charge is 0.466 e. The Morgan fingerprint density at radius 2 is 2.00 bits per heavy atom. The van der Waals surface area contributed by atoms with Crippen LogP contribution in [0.2, 0.25) is 0 Å². The van der Waals surface area contributed by atoms with Gasteiger partial charge in [0.05, 0.1) is 12.7 Å². The molecule has 1 aliphatic heterocycles. The molecule has 0 fully saturated rings. The fraction of sp³-hybridized carbons (Fsp3) is 0.267. The minimum absolute atomic E-state index is 0.117. The van der Waals surface area contributed by atoms with Gasteiger partial charge in [-0.2, -0.15) is 0 Å². The first-order valence-corrected chi connectivity index (χ1v) is 6.93. The number of carbonyl (C=O) groups is 2. The number of rotatable bonds is 2. The van der Waals surface area contributed by atoms with Crippen molar-refractivity contribution in [2.45, 2.75) is 19.9 Å². The molecule has 0 bridgehead atoms. The average Bonchev–Trinajstić information content (AvgIpc) is 2.45. The second-order valence-electron chi connectivity index (χ2n) is 4.77. The molecule has 1 N–H and O–H groups in total. The van der Waals surface area contributed by atoms with Crippen molar-refractivity contribution in [3.05, 3.63) is 46.9 Å².